The lowest BCUT2D eigenvalue weighted by Gasteiger charge is -2.40. The molecule has 46 heavy (non-hydrogen) atoms. The van der Waals surface area contributed by atoms with E-state index in [0.29, 0.717) is 28.8 Å². The van der Waals surface area contributed by atoms with E-state index in [2.05, 4.69) is 56.4 Å². The minimum atomic E-state index is -0.263. The Morgan fingerprint density at radius 3 is 2.35 bits per heavy atom. The minimum absolute atomic E-state index is 0.0152. The zero-order chi connectivity index (χ0) is 32.3. The summed E-state index contributed by atoms with van der Waals surface area (Å²) in [5.41, 5.74) is 5.17. The number of rotatable bonds is 7. The maximum atomic E-state index is 13.1. The molecule has 2 aliphatic rings. The molecule has 0 aliphatic carbocycles. The van der Waals surface area contributed by atoms with Crippen molar-refractivity contribution in [2.45, 2.75) is 52.0 Å². The van der Waals surface area contributed by atoms with Crippen molar-refractivity contribution in [3.8, 4) is 11.1 Å². The van der Waals surface area contributed by atoms with Crippen LogP contribution >= 0.6 is 0 Å². The first-order valence-corrected chi connectivity index (χ1v) is 16.1. The summed E-state index contributed by atoms with van der Waals surface area (Å²) in [5, 5.41) is 15.0. The molecule has 6 rings (SSSR count). The number of anilines is 4. The lowest BCUT2D eigenvalue weighted by atomic mass is 9.86. The number of H-pyrrole nitrogens is 1. The molecule has 0 saturated carbocycles. The van der Waals surface area contributed by atoms with Gasteiger partial charge in [0.2, 0.25) is 0 Å². The molecule has 2 fully saturated rings. The number of piperidine rings is 1. The van der Waals surface area contributed by atoms with Gasteiger partial charge >= 0.3 is 0 Å². The number of nitrogens with zero attached hydrogens (tertiary/aromatic N) is 4. The lowest BCUT2D eigenvalue weighted by molar-refractivity contribution is 0.0114. The van der Waals surface area contributed by atoms with Crippen molar-refractivity contribution in [2.75, 3.05) is 54.9 Å². The van der Waals surface area contributed by atoms with Crippen molar-refractivity contribution in [3.05, 3.63) is 93.9 Å². The fraction of sp³-hybridized carbons (Fsp3) is 0.389. The predicted molar refractivity (Wildman–Crippen MR) is 183 cm³/mol. The number of hydrogen-bond donors (Lipinski definition) is 3. The lowest BCUT2D eigenvalue weighted by Crippen LogP contribution is -2.49. The number of morpholine rings is 1. The number of carbonyl (C=O) groups is 1. The number of carbonyl (C=O) groups excluding carboxylic acids is 1. The average Bonchev–Trinajstić information content (AvgIpc) is 3.07. The number of hydrogen-bond acceptors (Lipinski definition) is 8. The number of ether oxygens (including phenoxy) is 1. The Morgan fingerprint density at radius 2 is 1.67 bits per heavy atom. The summed E-state index contributed by atoms with van der Waals surface area (Å²) in [5.74, 6) is 1.16. The fourth-order valence-corrected chi connectivity index (χ4v) is 6.23. The predicted octanol–water partition coefficient (Wildman–Crippen LogP) is 5.73. The van der Waals surface area contributed by atoms with Gasteiger partial charge in [-0.25, -0.2) is 0 Å². The first-order valence-electron chi connectivity index (χ1n) is 16.1. The highest BCUT2D eigenvalue weighted by Crippen LogP contribution is 2.30. The van der Waals surface area contributed by atoms with Gasteiger partial charge in [-0.05, 0) is 78.3 Å². The summed E-state index contributed by atoms with van der Waals surface area (Å²) in [7, 11) is 0. The first-order chi connectivity index (χ1) is 22.2. The molecule has 10 nitrogen and oxygen atoms in total. The highest BCUT2D eigenvalue weighted by atomic mass is 16.5. The Morgan fingerprint density at radius 1 is 0.935 bits per heavy atom. The Kier molecular flexibility index (Phi) is 9.19. The summed E-state index contributed by atoms with van der Waals surface area (Å²) in [6, 6.07) is 19.7. The highest BCUT2D eigenvalue weighted by Gasteiger charge is 2.26. The molecule has 4 aromatic rings. The van der Waals surface area contributed by atoms with Gasteiger partial charge in [0.05, 0.1) is 13.2 Å². The standard InChI is InChI=1S/C36H43N7O3/c1-24-29(6-5-7-30(24)39-34(44)25-8-10-27(11-9-25)36(2,3)4)26-22-31(35(45)37-23-26)38-32-12-13-33(41-40-32)43-16-14-28(15-17-43)42-18-20-46-21-19-42/h5-13,22-23,28H,14-21H2,1-4H3,(H,37,45)(H,38,40)(H,39,44). The van der Waals surface area contributed by atoms with E-state index in [9.17, 15) is 9.59 Å². The van der Waals surface area contributed by atoms with E-state index in [4.69, 9.17) is 4.74 Å². The van der Waals surface area contributed by atoms with E-state index in [0.717, 1.165) is 74.7 Å². The van der Waals surface area contributed by atoms with Crippen LogP contribution in [0.4, 0.5) is 23.0 Å². The van der Waals surface area contributed by atoms with Crippen LogP contribution in [0.3, 0.4) is 0 Å². The number of aromatic amines is 1. The van der Waals surface area contributed by atoms with Crippen LogP contribution in [-0.4, -0.2) is 71.4 Å². The first kappa shape index (κ1) is 31.4. The maximum Gasteiger partial charge on any atom is 0.271 e. The topological polar surface area (TPSA) is 115 Å². The van der Waals surface area contributed by atoms with Gasteiger partial charge in [0.15, 0.2) is 11.6 Å². The molecule has 2 aromatic carbocycles. The van der Waals surface area contributed by atoms with E-state index >= 15 is 0 Å². The van der Waals surface area contributed by atoms with Crippen molar-refractivity contribution < 1.29 is 9.53 Å². The van der Waals surface area contributed by atoms with Crippen LogP contribution in [0, 0.1) is 6.92 Å². The number of pyridine rings is 1. The Labute approximate surface area is 270 Å². The van der Waals surface area contributed by atoms with Crippen LogP contribution in [0.2, 0.25) is 0 Å². The third kappa shape index (κ3) is 7.13. The van der Waals surface area contributed by atoms with Gasteiger partial charge in [-0.15, -0.1) is 10.2 Å². The minimum Gasteiger partial charge on any atom is -0.379 e. The molecule has 0 atom stereocenters. The maximum absolute atomic E-state index is 13.1. The summed E-state index contributed by atoms with van der Waals surface area (Å²) in [4.78, 5) is 33.5. The molecule has 0 spiro atoms. The number of aromatic nitrogens is 3. The Balaban J connectivity index is 1.12. The molecule has 2 aliphatic heterocycles. The van der Waals surface area contributed by atoms with Gasteiger partial charge in [-0.1, -0.05) is 45.0 Å². The molecular weight excluding hydrogens is 578 g/mol. The second-order valence-electron chi connectivity index (χ2n) is 13.2. The van der Waals surface area contributed by atoms with E-state index in [1.54, 1.807) is 12.3 Å². The van der Waals surface area contributed by atoms with Gasteiger partial charge in [0.25, 0.3) is 11.5 Å². The molecule has 0 unspecified atom stereocenters. The quantitative estimate of drug-likeness (QED) is 0.240. The fourth-order valence-electron chi connectivity index (χ4n) is 6.23. The van der Waals surface area contributed by atoms with Crippen LogP contribution in [0.25, 0.3) is 11.1 Å². The van der Waals surface area contributed by atoms with Crippen molar-refractivity contribution >= 4 is 28.9 Å². The van der Waals surface area contributed by atoms with E-state index < -0.39 is 0 Å². The largest absolute Gasteiger partial charge is 0.379 e. The molecule has 0 bridgehead atoms. The third-order valence-corrected chi connectivity index (χ3v) is 9.07. The zero-order valence-electron chi connectivity index (χ0n) is 27.1. The van der Waals surface area contributed by atoms with Crippen molar-refractivity contribution in [1.82, 2.24) is 20.1 Å². The molecule has 10 heteroatoms. The molecular formula is C36H43N7O3. The van der Waals surface area contributed by atoms with Crippen LogP contribution in [0.15, 0.2) is 71.7 Å². The molecule has 0 radical (unpaired) electrons. The van der Waals surface area contributed by atoms with Gasteiger partial charge in [-0.2, -0.15) is 0 Å². The molecule has 2 saturated heterocycles. The van der Waals surface area contributed by atoms with Gasteiger partial charge in [0.1, 0.15) is 5.69 Å². The van der Waals surface area contributed by atoms with Crippen LogP contribution in [-0.2, 0) is 10.2 Å². The van der Waals surface area contributed by atoms with Gasteiger partial charge in [-0.3, -0.25) is 14.5 Å². The number of nitrogens with one attached hydrogen (secondary N) is 3. The van der Waals surface area contributed by atoms with Crippen molar-refractivity contribution in [3.63, 3.8) is 0 Å². The van der Waals surface area contributed by atoms with Gasteiger partial charge in [0, 0.05) is 55.2 Å². The van der Waals surface area contributed by atoms with E-state index in [-0.39, 0.29) is 16.9 Å². The van der Waals surface area contributed by atoms with Crippen LogP contribution in [0.5, 0.6) is 0 Å². The molecule has 1 amide bonds. The normalized spacial score (nSPS) is 16.3. The number of benzene rings is 2. The van der Waals surface area contributed by atoms with Crippen LogP contribution in [0.1, 0.15) is 55.1 Å². The van der Waals surface area contributed by atoms with E-state index in [1.807, 2.05) is 61.5 Å². The van der Waals surface area contributed by atoms with Gasteiger partial charge < -0.3 is 25.3 Å². The van der Waals surface area contributed by atoms with E-state index in [1.165, 1.54) is 5.56 Å². The van der Waals surface area contributed by atoms with Crippen molar-refractivity contribution in [1.29, 1.82) is 0 Å². The molecule has 2 aromatic heterocycles. The van der Waals surface area contributed by atoms with Crippen LogP contribution < -0.4 is 21.1 Å². The summed E-state index contributed by atoms with van der Waals surface area (Å²) < 4.78 is 5.51. The zero-order valence-corrected chi connectivity index (χ0v) is 27.1. The average molecular weight is 622 g/mol. The smallest absolute Gasteiger partial charge is 0.271 e. The second kappa shape index (κ2) is 13.4. The molecule has 240 valence electrons. The summed E-state index contributed by atoms with van der Waals surface area (Å²) in [6.07, 6.45) is 3.87. The third-order valence-electron chi connectivity index (χ3n) is 9.07. The molecule has 3 N–H and O–H groups in total. The Hall–Kier alpha value is -4.54. The Bertz CT molecular complexity index is 1710. The monoisotopic (exact) mass is 621 g/mol. The molecule has 4 heterocycles. The SMILES string of the molecule is Cc1c(NC(=O)c2ccc(C(C)(C)C)cc2)cccc1-c1c[nH]c(=O)c(Nc2ccc(N3CCC(N4CCOCC4)CC3)nn2)c1. The number of amides is 1. The second-order valence-corrected chi connectivity index (χ2v) is 13.2. The summed E-state index contributed by atoms with van der Waals surface area (Å²) in [6.45, 7) is 14.0. The van der Waals surface area contributed by atoms with Crippen molar-refractivity contribution in [2.24, 2.45) is 0 Å². The highest BCUT2D eigenvalue weighted by molar-refractivity contribution is 6.05. The summed E-state index contributed by atoms with van der Waals surface area (Å²) >= 11 is 0.